The van der Waals surface area contributed by atoms with Crippen molar-refractivity contribution >= 4 is 11.6 Å². The number of hydrogen-bond acceptors (Lipinski definition) is 4. The van der Waals surface area contributed by atoms with Crippen LogP contribution < -0.4 is 15.4 Å². The molecule has 0 saturated carbocycles. The Balaban J connectivity index is 2.79. The van der Waals surface area contributed by atoms with Crippen molar-refractivity contribution in [2.24, 2.45) is 5.73 Å². The smallest absolute Gasteiger partial charge is 0.229 e. The number of benzene rings is 1. The molecule has 0 fully saturated rings. The van der Waals surface area contributed by atoms with Gasteiger partial charge in [0.2, 0.25) is 5.91 Å². The van der Waals surface area contributed by atoms with Crippen LogP contribution in [0.3, 0.4) is 0 Å². The monoisotopic (exact) mass is 252 g/mol. The van der Waals surface area contributed by atoms with Crippen LogP contribution in [0.15, 0.2) is 24.3 Å². The Morgan fingerprint density at radius 2 is 2.06 bits per heavy atom. The number of nitrogens with zero attached hydrogens (tertiary/aromatic N) is 1. The van der Waals surface area contributed by atoms with Crippen LogP contribution in [-0.4, -0.2) is 39.8 Å². The summed E-state index contributed by atoms with van der Waals surface area (Å²) in [6.07, 6.45) is -0.00341. The van der Waals surface area contributed by atoms with Gasteiger partial charge in [0.05, 0.1) is 25.3 Å². The molecular formula is C13H20N2O3. The number of ether oxygens (including phenoxy) is 2. The van der Waals surface area contributed by atoms with Gasteiger partial charge in [0, 0.05) is 20.7 Å². The zero-order valence-corrected chi connectivity index (χ0v) is 11.1. The summed E-state index contributed by atoms with van der Waals surface area (Å²) < 4.78 is 10.3. The number of rotatable bonds is 6. The first-order valence-electron chi connectivity index (χ1n) is 5.76. The van der Waals surface area contributed by atoms with Gasteiger partial charge in [0.15, 0.2) is 0 Å². The first-order chi connectivity index (χ1) is 8.63. The van der Waals surface area contributed by atoms with Crippen LogP contribution >= 0.6 is 0 Å². The summed E-state index contributed by atoms with van der Waals surface area (Å²) in [5.41, 5.74) is 6.24. The van der Waals surface area contributed by atoms with Gasteiger partial charge in [0.1, 0.15) is 5.75 Å². The van der Waals surface area contributed by atoms with E-state index in [9.17, 15) is 4.79 Å². The Kier molecular flexibility index (Phi) is 5.61. The van der Waals surface area contributed by atoms with E-state index in [-0.39, 0.29) is 18.4 Å². The zero-order valence-electron chi connectivity index (χ0n) is 11.1. The van der Waals surface area contributed by atoms with Crippen LogP contribution in [0.2, 0.25) is 0 Å². The highest BCUT2D eigenvalue weighted by Gasteiger charge is 2.18. The first kappa shape index (κ1) is 14.5. The Bertz CT molecular complexity index is 392. The molecule has 5 nitrogen and oxygen atoms in total. The zero-order chi connectivity index (χ0) is 13.5. The molecule has 1 amide bonds. The van der Waals surface area contributed by atoms with E-state index < -0.39 is 0 Å². The molecule has 0 radical (unpaired) electrons. The third kappa shape index (κ3) is 3.45. The average Bonchev–Trinajstić information content (AvgIpc) is 2.43. The van der Waals surface area contributed by atoms with Crippen LogP contribution in [0, 0.1) is 0 Å². The molecule has 0 aliphatic heterocycles. The van der Waals surface area contributed by atoms with Crippen molar-refractivity contribution in [1.29, 1.82) is 0 Å². The number of hydrogen-bond donors (Lipinski definition) is 1. The molecule has 0 bridgehead atoms. The van der Waals surface area contributed by atoms with Gasteiger partial charge in [-0.25, -0.2) is 0 Å². The Labute approximate surface area is 107 Å². The minimum atomic E-state index is -0.255. The minimum Gasteiger partial charge on any atom is -0.495 e. The van der Waals surface area contributed by atoms with Crippen LogP contribution in [0.4, 0.5) is 5.69 Å². The highest BCUT2D eigenvalue weighted by atomic mass is 16.5. The quantitative estimate of drug-likeness (QED) is 0.821. The Morgan fingerprint density at radius 3 is 2.61 bits per heavy atom. The maximum atomic E-state index is 12.1. The van der Waals surface area contributed by atoms with E-state index in [4.69, 9.17) is 15.2 Å². The minimum absolute atomic E-state index is 0.0585. The van der Waals surface area contributed by atoms with Gasteiger partial charge >= 0.3 is 0 Å². The SMILES string of the molecule is COc1ccccc1N(C)C(=O)CC(CN)OC. The lowest BCUT2D eigenvalue weighted by atomic mass is 10.2. The molecule has 0 aliphatic carbocycles. The average molecular weight is 252 g/mol. The normalized spacial score (nSPS) is 12.0. The van der Waals surface area contributed by atoms with Gasteiger partial charge in [-0.2, -0.15) is 0 Å². The predicted molar refractivity (Wildman–Crippen MR) is 70.9 cm³/mol. The van der Waals surface area contributed by atoms with Crippen molar-refractivity contribution in [3.05, 3.63) is 24.3 Å². The van der Waals surface area contributed by atoms with Gasteiger partial charge in [-0.1, -0.05) is 12.1 Å². The fourth-order valence-electron chi connectivity index (χ4n) is 1.64. The molecule has 18 heavy (non-hydrogen) atoms. The molecule has 1 rings (SSSR count). The number of anilines is 1. The topological polar surface area (TPSA) is 64.8 Å². The van der Waals surface area contributed by atoms with Crippen molar-refractivity contribution in [2.75, 3.05) is 32.7 Å². The van der Waals surface area contributed by atoms with Crippen molar-refractivity contribution < 1.29 is 14.3 Å². The van der Waals surface area contributed by atoms with Gasteiger partial charge < -0.3 is 20.1 Å². The van der Waals surface area contributed by atoms with Gasteiger partial charge in [-0.05, 0) is 12.1 Å². The fourth-order valence-corrected chi connectivity index (χ4v) is 1.64. The van der Waals surface area contributed by atoms with Crippen molar-refractivity contribution in [3.8, 4) is 5.75 Å². The summed E-state index contributed by atoms with van der Waals surface area (Å²) in [5, 5.41) is 0. The lowest BCUT2D eigenvalue weighted by Gasteiger charge is -2.22. The summed E-state index contributed by atoms with van der Waals surface area (Å²) in [5.74, 6) is 0.604. The number of methoxy groups -OCH3 is 2. The molecule has 0 aliphatic rings. The third-order valence-electron chi connectivity index (χ3n) is 2.82. The molecule has 1 aromatic carbocycles. The number of carbonyl (C=O) groups is 1. The second-order valence-electron chi connectivity index (χ2n) is 3.92. The van der Waals surface area contributed by atoms with Crippen LogP contribution in [0.1, 0.15) is 6.42 Å². The fraction of sp³-hybridized carbons (Fsp3) is 0.462. The molecule has 5 heteroatoms. The second kappa shape index (κ2) is 6.98. The molecule has 1 atom stereocenters. The summed E-state index contributed by atoms with van der Waals surface area (Å²) in [6, 6.07) is 7.37. The first-order valence-corrected chi connectivity index (χ1v) is 5.76. The Morgan fingerprint density at radius 1 is 1.39 bits per heavy atom. The summed E-state index contributed by atoms with van der Waals surface area (Å²) in [7, 11) is 4.84. The van der Waals surface area contributed by atoms with Crippen LogP contribution in [0.25, 0.3) is 0 Å². The van der Waals surface area contributed by atoms with E-state index in [1.54, 1.807) is 26.2 Å². The standard InChI is InChI=1S/C13H20N2O3/c1-15(13(16)8-10(9-14)17-2)11-6-4-5-7-12(11)18-3/h4-7,10H,8-9,14H2,1-3H3. The molecule has 0 spiro atoms. The lowest BCUT2D eigenvalue weighted by Crippen LogP contribution is -2.33. The number of nitrogens with two attached hydrogens (primary N) is 1. The lowest BCUT2D eigenvalue weighted by molar-refractivity contribution is -0.120. The molecule has 1 aromatic rings. The van der Waals surface area contributed by atoms with Gasteiger partial charge in [-0.3, -0.25) is 4.79 Å². The van der Waals surface area contributed by atoms with E-state index in [2.05, 4.69) is 0 Å². The maximum Gasteiger partial charge on any atom is 0.229 e. The van der Waals surface area contributed by atoms with Crippen molar-refractivity contribution in [1.82, 2.24) is 0 Å². The molecule has 0 aromatic heterocycles. The predicted octanol–water partition coefficient (Wildman–Crippen LogP) is 1.02. The molecular weight excluding hydrogens is 232 g/mol. The number of para-hydroxylation sites is 2. The van der Waals surface area contributed by atoms with E-state index in [0.29, 0.717) is 12.3 Å². The van der Waals surface area contributed by atoms with Gasteiger partial charge in [-0.15, -0.1) is 0 Å². The van der Waals surface area contributed by atoms with Crippen LogP contribution in [-0.2, 0) is 9.53 Å². The Hall–Kier alpha value is -1.59. The largest absolute Gasteiger partial charge is 0.495 e. The molecule has 100 valence electrons. The van der Waals surface area contributed by atoms with E-state index in [1.807, 2.05) is 24.3 Å². The molecule has 1 unspecified atom stereocenters. The van der Waals surface area contributed by atoms with E-state index in [1.165, 1.54) is 0 Å². The van der Waals surface area contributed by atoms with E-state index >= 15 is 0 Å². The molecule has 2 N–H and O–H groups in total. The van der Waals surface area contributed by atoms with E-state index in [0.717, 1.165) is 5.69 Å². The number of amides is 1. The van der Waals surface area contributed by atoms with Crippen molar-refractivity contribution in [3.63, 3.8) is 0 Å². The summed E-state index contributed by atoms with van der Waals surface area (Å²) in [6.45, 7) is 0.321. The summed E-state index contributed by atoms with van der Waals surface area (Å²) >= 11 is 0. The van der Waals surface area contributed by atoms with Gasteiger partial charge in [0.25, 0.3) is 0 Å². The second-order valence-corrected chi connectivity index (χ2v) is 3.92. The highest BCUT2D eigenvalue weighted by molar-refractivity contribution is 5.94. The van der Waals surface area contributed by atoms with Crippen molar-refractivity contribution in [2.45, 2.75) is 12.5 Å². The van der Waals surface area contributed by atoms with Crippen LogP contribution in [0.5, 0.6) is 5.75 Å². The third-order valence-corrected chi connectivity index (χ3v) is 2.82. The summed E-state index contributed by atoms with van der Waals surface area (Å²) in [4.78, 5) is 13.6. The highest BCUT2D eigenvalue weighted by Crippen LogP contribution is 2.27. The molecule has 0 saturated heterocycles. The number of carbonyl (C=O) groups excluding carboxylic acids is 1. The maximum absolute atomic E-state index is 12.1. The molecule has 0 heterocycles.